The number of unbranched alkanes of at least 4 members (excludes halogenated alkanes) is 3. The first-order valence-electron chi connectivity index (χ1n) is 7.99. The monoisotopic (exact) mass is 313 g/mol. The highest BCUT2D eigenvalue weighted by molar-refractivity contribution is 6.02. The maximum Gasteiger partial charge on any atom is -0.00773 e. The molecule has 0 aliphatic heterocycles. The standard InChI is InChI=1S/C20H23N.ClH/c21-14-8-2-1-3-13-20-18-11-6-4-9-16(18)15-17-10-5-7-12-19(17)20;/h4-7,9-12,15H,1-3,8,13-14,21H2;1H. The Hall–Kier alpha value is -1.57. The summed E-state index contributed by atoms with van der Waals surface area (Å²) >= 11 is 0. The molecule has 0 aromatic heterocycles. The predicted octanol–water partition coefficient (Wildman–Crippen LogP) is 5.48. The van der Waals surface area contributed by atoms with Crippen LogP contribution in [0.25, 0.3) is 21.5 Å². The van der Waals surface area contributed by atoms with Crippen molar-refractivity contribution in [2.24, 2.45) is 5.73 Å². The molecule has 0 unspecified atom stereocenters. The Kier molecular flexibility index (Phi) is 6.23. The van der Waals surface area contributed by atoms with Gasteiger partial charge in [0, 0.05) is 0 Å². The van der Waals surface area contributed by atoms with E-state index in [9.17, 15) is 0 Å². The van der Waals surface area contributed by atoms with Gasteiger partial charge in [0.05, 0.1) is 0 Å². The Morgan fingerprint density at radius 1 is 0.682 bits per heavy atom. The number of benzene rings is 3. The maximum atomic E-state index is 5.57. The predicted molar refractivity (Wildman–Crippen MR) is 99.9 cm³/mol. The molecule has 0 heterocycles. The van der Waals surface area contributed by atoms with E-state index >= 15 is 0 Å². The van der Waals surface area contributed by atoms with Crippen LogP contribution >= 0.6 is 12.4 Å². The van der Waals surface area contributed by atoms with Crippen LogP contribution in [0.5, 0.6) is 0 Å². The smallest absolute Gasteiger partial charge is 0.00773 e. The average Bonchev–Trinajstić information content (AvgIpc) is 2.53. The summed E-state index contributed by atoms with van der Waals surface area (Å²) in [6.07, 6.45) is 6.08. The number of halogens is 1. The molecule has 0 aliphatic carbocycles. The number of fused-ring (bicyclic) bond motifs is 2. The van der Waals surface area contributed by atoms with Gasteiger partial charge in [-0.15, -0.1) is 12.4 Å². The quantitative estimate of drug-likeness (QED) is 0.473. The van der Waals surface area contributed by atoms with Crippen LogP contribution < -0.4 is 5.73 Å². The van der Waals surface area contributed by atoms with Gasteiger partial charge in [0.15, 0.2) is 0 Å². The molecular weight excluding hydrogens is 290 g/mol. The summed E-state index contributed by atoms with van der Waals surface area (Å²) in [5.74, 6) is 0. The molecule has 0 fully saturated rings. The highest BCUT2D eigenvalue weighted by atomic mass is 35.5. The van der Waals surface area contributed by atoms with E-state index in [1.54, 1.807) is 0 Å². The van der Waals surface area contributed by atoms with Gasteiger partial charge < -0.3 is 5.73 Å². The van der Waals surface area contributed by atoms with Gasteiger partial charge in [-0.2, -0.15) is 0 Å². The molecule has 22 heavy (non-hydrogen) atoms. The summed E-state index contributed by atoms with van der Waals surface area (Å²) < 4.78 is 0. The van der Waals surface area contributed by atoms with Crippen molar-refractivity contribution in [1.29, 1.82) is 0 Å². The molecular formula is C20H24ClN. The summed E-state index contributed by atoms with van der Waals surface area (Å²) in [4.78, 5) is 0. The second-order valence-corrected chi connectivity index (χ2v) is 5.75. The molecule has 1 nitrogen and oxygen atoms in total. The fourth-order valence-corrected chi connectivity index (χ4v) is 3.18. The highest BCUT2D eigenvalue weighted by Crippen LogP contribution is 2.29. The molecule has 0 saturated carbocycles. The zero-order chi connectivity index (χ0) is 14.5. The maximum absolute atomic E-state index is 5.57. The number of hydrogen-bond acceptors (Lipinski definition) is 1. The summed E-state index contributed by atoms with van der Waals surface area (Å²) in [6.45, 7) is 0.817. The Labute approximate surface area is 138 Å². The van der Waals surface area contributed by atoms with E-state index in [-0.39, 0.29) is 12.4 Å². The SMILES string of the molecule is Cl.NCCCCCCc1c2ccccc2cc2ccccc12. The third-order valence-electron chi connectivity index (χ3n) is 4.26. The molecule has 3 rings (SSSR count). The molecule has 0 atom stereocenters. The molecule has 0 radical (unpaired) electrons. The molecule has 116 valence electrons. The van der Waals surface area contributed by atoms with E-state index in [2.05, 4.69) is 54.6 Å². The van der Waals surface area contributed by atoms with Gasteiger partial charge in [-0.3, -0.25) is 0 Å². The molecule has 3 aromatic carbocycles. The second kappa shape index (κ2) is 8.17. The minimum Gasteiger partial charge on any atom is -0.330 e. The lowest BCUT2D eigenvalue weighted by Crippen LogP contribution is -1.98. The highest BCUT2D eigenvalue weighted by Gasteiger charge is 2.06. The first-order valence-corrected chi connectivity index (χ1v) is 7.99. The van der Waals surface area contributed by atoms with Crippen LogP contribution in [0.4, 0.5) is 0 Å². The zero-order valence-electron chi connectivity index (χ0n) is 12.9. The molecule has 0 spiro atoms. The number of aryl methyl sites for hydroxylation is 1. The van der Waals surface area contributed by atoms with Crippen molar-refractivity contribution in [1.82, 2.24) is 0 Å². The van der Waals surface area contributed by atoms with Crippen molar-refractivity contribution in [3.05, 3.63) is 60.2 Å². The largest absolute Gasteiger partial charge is 0.330 e. The van der Waals surface area contributed by atoms with E-state index in [4.69, 9.17) is 5.73 Å². The van der Waals surface area contributed by atoms with Crippen LogP contribution in [0.2, 0.25) is 0 Å². The lowest BCUT2D eigenvalue weighted by atomic mass is 9.93. The van der Waals surface area contributed by atoms with Crippen molar-refractivity contribution >= 4 is 34.0 Å². The first-order chi connectivity index (χ1) is 10.4. The van der Waals surface area contributed by atoms with E-state index in [1.807, 2.05) is 0 Å². The van der Waals surface area contributed by atoms with Gasteiger partial charge >= 0.3 is 0 Å². The first kappa shape index (κ1) is 16.8. The average molecular weight is 314 g/mol. The lowest BCUT2D eigenvalue weighted by Gasteiger charge is -2.11. The Bertz CT molecular complexity index is 682. The second-order valence-electron chi connectivity index (χ2n) is 5.75. The van der Waals surface area contributed by atoms with Gasteiger partial charge in [0.25, 0.3) is 0 Å². The summed E-state index contributed by atoms with van der Waals surface area (Å²) in [6, 6.07) is 19.8. The van der Waals surface area contributed by atoms with Crippen LogP contribution in [0.1, 0.15) is 31.2 Å². The molecule has 0 amide bonds. The van der Waals surface area contributed by atoms with Gasteiger partial charge in [-0.1, -0.05) is 61.4 Å². The molecule has 0 saturated heterocycles. The van der Waals surface area contributed by atoms with Crippen LogP contribution in [-0.4, -0.2) is 6.54 Å². The minimum atomic E-state index is 0. The van der Waals surface area contributed by atoms with E-state index in [0.29, 0.717) is 0 Å². The zero-order valence-corrected chi connectivity index (χ0v) is 13.7. The van der Waals surface area contributed by atoms with Crippen LogP contribution in [0.3, 0.4) is 0 Å². The number of rotatable bonds is 6. The lowest BCUT2D eigenvalue weighted by molar-refractivity contribution is 0.649. The third-order valence-corrected chi connectivity index (χ3v) is 4.26. The van der Waals surface area contributed by atoms with E-state index in [1.165, 1.54) is 46.4 Å². The molecule has 2 heteroatoms. The van der Waals surface area contributed by atoms with Crippen LogP contribution in [0, 0.1) is 0 Å². The normalized spacial score (nSPS) is 10.8. The number of hydrogen-bond donors (Lipinski definition) is 1. The Balaban J connectivity index is 0.00000176. The topological polar surface area (TPSA) is 26.0 Å². The van der Waals surface area contributed by atoms with Gasteiger partial charge in [0.2, 0.25) is 0 Å². The fourth-order valence-electron chi connectivity index (χ4n) is 3.18. The summed E-state index contributed by atoms with van der Waals surface area (Å²) in [7, 11) is 0. The molecule has 3 aromatic rings. The van der Waals surface area contributed by atoms with Gasteiger partial charge in [-0.25, -0.2) is 0 Å². The van der Waals surface area contributed by atoms with Crippen LogP contribution in [0.15, 0.2) is 54.6 Å². The summed E-state index contributed by atoms with van der Waals surface area (Å²) in [5, 5.41) is 5.53. The Morgan fingerprint density at radius 2 is 1.23 bits per heavy atom. The van der Waals surface area contributed by atoms with Gasteiger partial charge in [0.1, 0.15) is 0 Å². The van der Waals surface area contributed by atoms with Crippen molar-refractivity contribution in [3.8, 4) is 0 Å². The van der Waals surface area contributed by atoms with Crippen molar-refractivity contribution < 1.29 is 0 Å². The van der Waals surface area contributed by atoms with Crippen molar-refractivity contribution in [2.45, 2.75) is 32.1 Å². The number of nitrogens with two attached hydrogens (primary N) is 1. The van der Waals surface area contributed by atoms with E-state index < -0.39 is 0 Å². The summed E-state index contributed by atoms with van der Waals surface area (Å²) in [5.41, 5.74) is 7.08. The van der Waals surface area contributed by atoms with Gasteiger partial charge in [-0.05, 0) is 59.0 Å². The van der Waals surface area contributed by atoms with E-state index in [0.717, 1.165) is 19.4 Å². The molecule has 2 N–H and O–H groups in total. The van der Waals surface area contributed by atoms with Crippen molar-refractivity contribution in [2.75, 3.05) is 6.54 Å². The molecule has 0 aliphatic rings. The fraction of sp³-hybridized carbons (Fsp3) is 0.300. The third kappa shape index (κ3) is 3.60. The minimum absolute atomic E-state index is 0. The van der Waals surface area contributed by atoms with Crippen LogP contribution in [-0.2, 0) is 6.42 Å². The van der Waals surface area contributed by atoms with Crippen molar-refractivity contribution in [3.63, 3.8) is 0 Å². The Morgan fingerprint density at radius 3 is 1.82 bits per heavy atom. The molecule has 0 bridgehead atoms.